The summed E-state index contributed by atoms with van der Waals surface area (Å²) < 4.78 is 39.5. The first-order chi connectivity index (χ1) is 18.2. The van der Waals surface area contributed by atoms with Crippen molar-refractivity contribution in [1.29, 1.82) is 0 Å². The van der Waals surface area contributed by atoms with E-state index in [0.29, 0.717) is 41.3 Å². The molecular weight excluding hydrogens is 504 g/mol. The van der Waals surface area contributed by atoms with Gasteiger partial charge >= 0.3 is 0 Å². The summed E-state index contributed by atoms with van der Waals surface area (Å²) in [6.45, 7) is 8.66. The molecule has 0 bridgehead atoms. The second kappa shape index (κ2) is 12.5. The van der Waals surface area contributed by atoms with Crippen molar-refractivity contribution in [3.05, 3.63) is 53.1 Å². The highest BCUT2D eigenvalue weighted by atomic mass is 32.2. The van der Waals surface area contributed by atoms with Crippen LogP contribution in [0.4, 0.5) is 5.69 Å². The van der Waals surface area contributed by atoms with Crippen LogP contribution in [0.2, 0.25) is 0 Å². The van der Waals surface area contributed by atoms with Gasteiger partial charge in [-0.15, -0.1) is 0 Å². The lowest BCUT2D eigenvalue weighted by atomic mass is 10.1. The number of hydrogen-bond acceptors (Lipinski definition) is 7. The number of sulfonamides is 1. The smallest absolute Gasteiger partial charge is 0.246 e. The zero-order valence-corrected chi connectivity index (χ0v) is 23.7. The quantitative estimate of drug-likeness (QED) is 0.492. The normalized spacial score (nSPS) is 19.1. The molecular formula is C28H40N4O5S. The second-order valence-corrected chi connectivity index (χ2v) is 12.1. The number of nitrogens with one attached hydrogen (secondary N) is 1. The lowest BCUT2D eigenvalue weighted by Crippen LogP contribution is -2.44. The van der Waals surface area contributed by atoms with Crippen molar-refractivity contribution in [2.24, 2.45) is 0 Å². The third-order valence-electron chi connectivity index (χ3n) is 7.40. The molecule has 208 valence electrons. The molecule has 2 aromatic rings. The molecule has 1 amide bonds. The van der Waals surface area contributed by atoms with E-state index >= 15 is 0 Å². The molecule has 0 saturated carbocycles. The Balaban J connectivity index is 1.25. The van der Waals surface area contributed by atoms with Crippen molar-refractivity contribution in [2.75, 3.05) is 65.0 Å². The Labute approximate surface area is 226 Å². The number of methoxy groups -OCH3 is 1. The Morgan fingerprint density at radius 2 is 1.68 bits per heavy atom. The number of rotatable bonds is 10. The van der Waals surface area contributed by atoms with Crippen molar-refractivity contribution in [3.63, 3.8) is 0 Å². The van der Waals surface area contributed by atoms with Crippen LogP contribution in [0.1, 0.15) is 29.5 Å². The van der Waals surface area contributed by atoms with E-state index in [9.17, 15) is 13.2 Å². The van der Waals surface area contributed by atoms with Gasteiger partial charge < -0.3 is 24.6 Å². The monoisotopic (exact) mass is 544 g/mol. The Morgan fingerprint density at radius 3 is 2.32 bits per heavy atom. The van der Waals surface area contributed by atoms with Gasteiger partial charge in [0.1, 0.15) is 12.4 Å². The largest absolute Gasteiger partial charge is 0.497 e. The Bertz CT molecular complexity index is 1190. The SMILES string of the molecule is COc1cc(C)c(S(=O)(=O)N2CCCC2COCC(=O)NCc2ccc(N3CCN(C)CC3)cc2)c(C)c1. The van der Waals surface area contributed by atoms with Crippen molar-refractivity contribution >= 4 is 21.6 Å². The van der Waals surface area contributed by atoms with Crippen LogP contribution in [0.5, 0.6) is 5.75 Å². The molecule has 2 saturated heterocycles. The van der Waals surface area contributed by atoms with Gasteiger partial charge in [0.15, 0.2) is 0 Å². The predicted octanol–water partition coefficient (Wildman–Crippen LogP) is 2.55. The molecule has 0 spiro atoms. The van der Waals surface area contributed by atoms with Gasteiger partial charge in [-0.2, -0.15) is 4.31 Å². The zero-order valence-electron chi connectivity index (χ0n) is 22.9. The third-order valence-corrected chi connectivity index (χ3v) is 9.66. The second-order valence-electron chi connectivity index (χ2n) is 10.3. The van der Waals surface area contributed by atoms with Gasteiger partial charge in [0.25, 0.3) is 0 Å². The van der Waals surface area contributed by atoms with Crippen LogP contribution < -0.4 is 15.0 Å². The third kappa shape index (κ3) is 6.66. The Hall–Kier alpha value is -2.66. The number of hydrogen-bond donors (Lipinski definition) is 1. The van der Waals surface area contributed by atoms with E-state index < -0.39 is 10.0 Å². The van der Waals surface area contributed by atoms with Gasteiger partial charge in [0.05, 0.1) is 18.6 Å². The molecule has 1 unspecified atom stereocenters. The maximum atomic E-state index is 13.5. The molecule has 9 nitrogen and oxygen atoms in total. The van der Waals surface area contributed by atoms with Crippen LogP contribution in [0.25, 0.3) is 0 Å². The number of anilines is 1. The fraction of sp³-hybridized carbons (Fsp3) is 0.536. The minimum Gasteiger partial charge on any atom is -0.497 e. The molecule has 10 heteroatoms. The highest BCUT2D eigenvalue weighted by molar-refractivity contribution is 7.89. The molecule has 2 aromatic carbocycles. The van der Waals surface area contributed by atoms with E-state index in [1.807, 2.05) is 12.1 Å². The van der Waals surface area contributed by atoms with Crippen molar-refractivity contribution in [2.45, 2.75) is 44.2 Å². The molecule has 0 aromatic heterocycles. The lowest BCUT2D eigenvalue weighted by Gasteiger charge is -2.34. The average Bonchev–Trinajstić information content (AvgIpc) is 3.37. The fourth-order valence-electron chi connectivity index (χ4n) is 5.27. The summed E-state index contributed by atoms with van der Waals surface area (Å²) >= 11 is 0. The summed E-state index contributed by atoms with van der Waals surface area (Å²) in [6.07, 6.45) is 1.46. The van der Waals surface area contributed by atoms with Crippen LogP contribution in [-0.4, -0.2) is 89.7 Å². The van der Waals surface area contributed by atoms with Crippen LogP contribution in [0, 0.1) is 13.8 Å². The maximum absolute atomic E-state index is 13.5. The zero-order chi connectivity index (χ0) is 27.3. The summed E-state index contributed by atoms with van der Waals surface area (Å²) in [5, 5.41) is 2.89. The molecule has 2 aliphatic heterocycles. The van der Waals surface area contributed by atoms with Crippen molar-refractivity contribution < 1.29 is 22.7 Å². The Kier molecular flexibility index (Phi) is 9.30. The highest BCUT2D eigenvalue weighted by Gasteiger charge is 2.37. The molecule has 2 fully saturated rings. The predicted molar refractivity (Wildman–Crippen MR) is 148 cm³/mol. The van der Waals surface area contributed by atoms with Crippen LogP contribution >= 0.6 is 0 Å². The molecule has 38 heavy (non-hydrogen) atoms. The number of piperazine rings is 1. The summed E-state index contributed by atoms with van der Waals surface area (Å²) in [4.78, 5) is 17.4. The fourth-order valence-corrected chi connectivity index (χ4v) is 7.37. The van der Waals surface area contributed by atoms with E-state index in [4.69, 9.17) is 9.47 Å². The van der Waals surface area contributed by atoms with Gasteiger partial charge in [-0.3, -0.25) is 4.79 Å². The van der Waals surface area contributed by atoms with Gasteiger partial charge in [-0.05, 0) is 74.7 Å². The minimum atomic E-state index is -3.69. The topological polar surface area (TPSA) is 91.4 Å². The summed E-state index contributed by atoms with van der Waals surface area (Å²) in [5.41, 5.74) is 3.54. The maximum Gasteiger partial charge on any atom is 0.246 e. The Morgan fingerprint density at radius 1 is 1.03 bits per heavy atom. The summed E-state index contributed by atoms with van der Waals surface area (Å²) in [5.74, 6) is 0.416. The van der Waals surface area contributed by atoms with Crippen molar-refractivity contribution in [1.82, 2.24) is 14.5 Å². The van der Waals surface area contributed by atoms with E-state index in [2.05, 4.69) is 34.3 Å². The number of amides is 1. The number of carbonyl (C=O) groups is 1. The first kappa shape index (κ1) is 28.4. The molecule has 2 heterocycles. The van der Waals surface area contributed by atoms with Gasteiger partial charge in [-0.1, -0.05) is 12.1 Å². The van der Waals surface area contributed by atoms with Gasteiger partial charge in [-0.25, -0.2) is 8.42 Å². The molecule has 4 rings (SSSR count). The van der Waals surface area contributed by atoms with E-state index in [-0.39, 0.29) is 25.2 Å². The lowest BCUT2D eigenvalue weighted by molar-refractivity contribution is -0.126. The highest BCUT2D eigenvalue weighted by Crippen LogP contribution is 2.32. The number of aryl methyl sites for hydroxylation is 2. The number of carbonyl (C=O) groups excluding carboxylic acids is 1. The standard InChI is InChI=1S/C28H40N4O5S/c1-21-16-26(36-4)17-22(2)28(21)38(34,35)32-11-5-6-25(32)19-37-20-27(33)29-18-23-7-9-24(10-8-23)31-14-12-30(3)13-15-31/h7-10,16-17,25H,5-6,11-15,18-20H2,1-4H3,(H,29,33). The number of ether oxygens (including phenoxy) is 2. The van der Waals surface area contributed by atoms with Gasteiger partial charge in [0.2, 0.25) is 15.9 Å². The molecule has 1 atom stereocenters. The van der Waals surface area contributed by atoms with E-state index in [0.717, 1.165) is 38.2 Å². The number of nitrogens with zero attached hydrogens (tertiary/aromatic N) is 3. The molecule has 0 radical (unpaired) electrons. The van der Waals surface area contributed by atoms with Crippen LogP contribution in [0.3, 0.4) is 0 Å². The summed E-state index contributed by atoms with van der Waals surface area (Å²) in [6, 6.07) is 11.5. The van der Waals surface area contributed by atoms with E-state index in [1.54, 1.807) is 33.1 Å². The molecule has 1 N–H and O–H groups in total. The summed E-state index contributed by atoms with van der Waals surface area (Å²) in [7, 11) is 0.0143. The minimum absolute atomic E-state index is 0.107. The molecule has 0 aliphatic carbocycles. The van der Waals surface area contributed by atoms with E-state index in [1.165, 1.54) is 9.99 Å². The van der Waals surface area contributed by atoms with Gasteiger partial charge in [0, 0.05) is 51.0 Å². The average molecular weight is 545 g/mol. The van der Waals surface area contributed by atoms with Crippen LogP contribution in [0.15, 0.2) is 41.3 Å². The first-order valence-electron chi connectivity index (χ1n) is 13.2. The number of benzene rings is 2. The van der Waals surface area contributed by atoms with Crippen molar-refractivity contribution in [3.8, 4) is 5.75 Å². The first-order valence-corrected chi connectivity index (χ1v) is 14.7. The molecule has 2 aliphatic rings. The van der Waals surface area contributed by atoms with Crippen LogP contribution in [-0.2, 0) is 26.1 Å². The number of likely N-dealkylation sites (N-methyl/N-ethyl adjacent to an activating group) is 1.